The van der Waals surface area contributed by atoms with Crippen LogP contribution in [0.3, 0.4) is 0 Å². The van der Waals surface area contributed by atoms with Gasteiger partial charge in [-0.1, -0.05) is 27.7 Å². The number of aromatic nitrogens is 2. The highest BCUT2D eigenvalue weighted by Crippen LogP contribution is 2.37. The monoisotopic (exact) mass is 352 g/mol. The van der Waals surface area contributed by atoms with E-state index in [0.29, 0.717) is 11.8 Å². The Balaban J connectivity index is 1.83. The van der Waals surface area contributed by atoms with Gasteiger partial charge in [-0.05, 0) is 36.4 Å². The van der Waals surface area contributed by atoms with Crippen LogP contribution < -0.4 is 0 Å². The van der Waals surface area contributed by atoms with Gasteiger partial charge in [0, 0.05) is 23.0 Å². The standard InChI is InChI=1S/C20H20N2O2S/c1-11(2)15-7-9-17(23-15)13-5-6-14(20-19(13)21-25-22-20)18-10-8-16(24-18)12(3)4/h5-12H,1-4H3. The summed E-state index contributed by atoms with van der Waals surface area (Å²) in [6, 6.07) is 12.2. The number of fused-ring (bicyclic) bond motifs is 1. The zero-order valence-electron chi connectivity index (χ0n) is 14.7. The molecule has 4 nitrogen and oxygen atoms in total. The Morgan fingerprint density at radius 1 is 0.680 bits per heavy atom. The number of hydrogen-bond acceptors (Lipinski definition) is 5. The Hall–Kier alpha value is -2.40. The van der Waals surface area contributed by atoms with Crippen molar-refractivity contribution in [3.05, 3.63) is 47.9 Å². The van der Waals surface area contributed by atoms with Crippen LogP contribution >= 0.6 is 11.7 Å². The summed E-state index contributed by atoms with van der Waals surface area (Å²) in [7, 11) is 0. The van der Waals surface area contributed by atoms with Crippen molar-refractivity contribution in [1.29, 1.82) is 0 Å². The van der Waals surface area contributed by atoms with E-state index in [1.54, 1.807) is 0 Å². The summed E-state index contributed by atoms with van der Waals surface area (Å²) in [5, 5.41) is 0. The summed E-state index contributed by atoms with van der Waals surface area (Å²) < 4.78 is 21.0. The molecule has 4 aromatic rings. The van der Waals surface area contributed by atoms with E-state index in [4.69, 9.17) is 8.83 Å². The molecule has 25 heavy (non-hydrogen) atoms. The Kier molecular flexibility index (Phi) is 3.96. The van der Waals surface area contributed by atoms with E-state index in [9.17, 15) is 0 Å². The summed E-state index contributed by atoms with van der Waals surface area (Å²) in [5.41, 5.74) is 3.65. The minimum atomic E-state index is 0.356. The van der Waals surface area contributed by atoms with Crippen LogP contribution in [-0.2, 0) is 0 Å². The lowest BCUT2D eigenvalue weighted by molar-refractivity contribution is 0.498. The van der Waals surface area contributed by atoms with Crippen molar-refractivity contribution in [3.8, 4) is 22.6 Å². The Morgan fingerprint density at radius 2 is 1.12 bits per heavy atom. The molecule has 0 unspecified atom stereocenters. The van der Waals surface area contributed by atoms with E-state index in [1.807, 2.05) is 36.4 Å². The fourth-order valence-electron chi connectivity index (χ4n) is 2.88. The van der Waals surface area contributed by atoms with E-state index in [-0.39, 0.29) is 0 Å². The lowest BCUT2D eigenvalue weighted by atomic mass is 10.0. The maximum absolute atomic E-state index is 6.00. The van der Waals surface area contributed by atoms with Gasteiger partial charge < -0.3 is 8.83 Å². The Bertz CT molecular complexity index is 943. The largest absolute Gasteiger partial charge is 0.461 e. The highest BCUT2D eigenvalue weighted by molar-refractivity contribution is 7.00. The van der Waals surface area contributed by atoms with Crippen molar-refractivity contribution >= 4 is 22.8 Å². The molecule has 0 saturated carbocycles. The number of nitrogens with zero attached hydrogens (tertiary/aromatic N) is 2. The zero-order chi connectivity index (χ0) is 17.6. The van der Waals surface area contributed by atoms with Gasteiger partial charge in [-0.25, -0.2) is 0 Å². The molecule has 0 saturated heterocycles. The minimum absolute atomic E-state index is 0.356. The van der Waals surface area contributed by atoms with Crippen LogP contribution in [-0.4, -0.2) is 8.75 Å². The second-order valence-electron chi connectivity index (χ2n) is 6.84. The van der Waals surface area contributed by atoms with Gasteiger partial charge in [0.2, 0.25) is 0 Å². The van der Waals surface area contributed by atoms with Gasteiger partial charge in [-0.15, -0.1) is 0 Å². The van der Waals surface area contributed by atoms with Gasteiger partial charge in [0.1, 0.15) is 34.1 Å². The van der Waals surface area contributed by atoms with Gasteiger partial charge >= 0.3 is 0 Å². The molecule has 0 atom stereocenters. The lowest BCUT2D eigenvalue weighted by Gasteiger charge is -2.04. The molecule has 0 bridgehead atoms. The molecule has 0 N–H and O–H groups in total. The van der Waals surface area contributed by atoms with Gasteiger partial charge in [0.15, 0.2) is 0 Å². The molecule has 128 valence electrons. The highest BCUT2D eigenvalue weighted by Gasteiger charge is 2.18. The van der Waals surface area contributed by atoms with Gasteiger partial charge in [-0.2, -0.15) is 8.75 Å². The summed E-state index contributed by atoms with van der Waals surface area (Å²) in [6.07, 6.45) is 0. The third-order valence-corrected chi connectivity index (χ3v) is 4.87. The Morgan fingerprint density at radius 3 is 1.48 bits per heavy atom. The van der Waals surface area contributed by atoms with Crippen molar-refractivity contribution in [2.75, 3.05) is 0 Å². The van der Waals surface area contributed by atoms with Crippen molar-refractivity contribution in [3.63, 3.8) is 0 Å². The molecule has 5 heteroatoms. The molecular weight excluding hydrogens is 332 g/mol. The first-order valence-corrected chi connectivity index (χ1v) is 9.23. The maximum atomic E-state index is 6.00. The molecule has 3 aromatic heterocycles. The molecule has 0 aliphatic heterocycles. The number of rotatable bonds is 4. The fourth-order valence-corrected chi connectivity index (χ4v) is 3.45. The van der Waals surface area contributed by atoms with Gasteiger partial charge in [-0.3, -0.25) is 0 Å². The maximum Gasteiger partial charge on any atom is 0.136 e. The number of hydrogen-bond donors (Lipinski definition) is 0. The first-order chi connectivity index (χ1) is 12.0. The molecule has 0 aliphatic rings. The van der Waals surface area contributed by atoms with Gasteiger partial charge in [0.05, 0.1) is 11.7 Å². The molecule has 0 aliphatic carbocycles. The van der Waals surface area contributed by atoms with Crippen molar-refractivity contribution in [1.82, 2.24) is 8.75 Å². The number of furan rings is 2. The molecule has 4 rings (SSSR count). The van der Waals surface area contributed by atoms with Crippen LogP contribution in [0, 0.1) is 0 Å². The predicted molar refractivity (Wildman–Crippen MR) is 101 cm³/mol. The second-order valence-corrected chi connectivity index (χ2v) is 7.36. The molecule has 1 aromatic carbocycles. The van der Waals surface area contributed by atoms with Crippen LogP contribution in [0.5, 0.6) is 0 Å². The first kappa shape index (κ1) is 16.1. The van der Waals surface area contributed by atoms with Crippen LogP contribution in [0.4, 0.5) is 0 Å². The SMILES string of the molecule is CC(C)c1ccc(-c2ccc(-c3ccc(C(C)C)o3)c3nsnc23)o1. The number of benzene rings is 1. The molecular formula is C20H20N2O2S. The zero-order valence-corrected chi connectivity index (χ0v) is 15.6. The normalized spacial score (nSPS) is 11.9. The summed E-state index contributed by atoms with van der Waals surface area (Å²) in [5.74, 6) is 4.32. The van der Waals surface area contributed by atoms with E-state index in [0.717, 1.165) is 45.2 Å². The summed E-state index contributed by atoms with van der Waals surface area (Å²) >= 11 is 1.21. The predicted octanol–water partition coefficient (Wildman–Crippen LogP) is 6.46. The Labute approximate surface area is 150 Å². The lowest BCUT2D eigenvalue weighted by Crippen LogP contribution is -1.84. The highest BCUT2D eigenvalue weighted by atomic mass is 32.1. The van der Waals surface area contributed by atoms with Crippen LogP contribution in [0.15, 0.2) is 45.2 Å². The topological polar surface area (TPSA) is 52.1 Å². The third kappa shape index (κ3) is 2.78. The van der Waals surface area contributed by atoms with E-state index in [2.05, 4.69) is 36.4 Å². The molecule has 0 radical (unpaired) electrons. The molecule has 0 amide bonds. The van der Waals surface area contributed by atoms with Gasteiger partial charge in [0.25, 0.3) is 0 Å². The van der Waals surface area contributed by atoms with E-state index >= 15 is 0 Å². The van der Waals surface area contributed by atoms with E-state index in [1.165, 1.54) is 11.7 Å². The van der Waals surface area contributed by atoms with Crippen molar-refractivity contribution in [2.24, 2.45) is 0 Å². The van der Waals surface area contributed by atoms with Crippen LogP contribution in [0.2, 0.25) is 0 Å². The molecule has 0 spiro atoms. The molecule has 3 heterocycles. The average Bonchev–Trinajstić information content (AvgIpc) is 3.32. The first-order valence-electron chi connectivity index (χ1n) is 8.50. The average molecular weight is 352 g/mol. The third-order valence-electron chi connectivity index (χ3n) is 4.34. The van der Waals surface area contributed by atoms with Crippen molar-refractivity contribution in [2.45, 2.75) is 39.5 Å². The smallest absolute Gasteiger partial charge is 0.136 e. The molecule has 0 fully saturated rings. The summed E-state index contributed by atoms with van der Waals surface area (Å²) in [4.78, 5) is 0. The second kappa shape index (κ2) is 6.15. The van der Waals surface area contributed by atoms with Crippen molar-refractivity contribution < 1.29 is 8.83 Å². The summed E-state index contributed by atoms with van der Waals surface area (Å²) in [6.45, 7) is 8.48. The van der Waals surface area contributed by atoms with Crippen LogP contribution in [0.25, 0.3) is 33.7 Å². The van der Waals surface area contributed by atoms with Crippen LogP contribution in [0.1, 0.15) is 51.1 Å². The fraction of sp³-hybridized carbons (Fsp3) is 0.300. The minimum Gasteiger partial charge on any atom is -0.461 e. The quantitative estimate of drug-likeness (QED) is 0.423. The van der Waals surface area contributed by atoms with E-state index < -0.39 is 0 Å².